The summed E-state index contributed by atoms with van der Waals surface area (Å²) in [5.74, 6) is -0.430. The van der Waals surface area contributed by atoms with E-state index in [-0.39, 0.29) is 24.0 Å². The largest absolute Gasteiger partial charge is 0.325 e. The summed E-state index contributed by atoms with van der Waals surface area (Å²) in [5, 5.41) is 13.5. The normalized spacial score (nSPS) is 15.4. The first-order chi connectivity index (χ1) is 13.0. The third kappa shape index (κ3) is 5.57. The van der Waals surface area contributed by atoms with E-state index in [0.29, 0.717) is 5.69 Å². The van der Waals surface area contributed by atoms with Crippen molar-refractivity contribution >= 4 is 17.3 Å². The Morgan fingerprint density at radius 2 is 1.74 bits per heavy atom. The fourth-order valence-electron chi connectivity index (χ4n) is 3.05. The predicted octanol–water partition coefficient (Wildman–Crippen LogP) is 2.49. The van der Waals surface area contributed by atoms with E-state index in [1.165, 1.54) is 24.3 Å². The highest BCUT2D eigenvalue weighted by Crippen LogP contribution is 2.17. The maximum Gasteiger partial charge on any atom is 0.271 e. The number of non-ortho nitro benzene ring substituents is 1. The van der Waals surface area contributed by atoms with Crippen molar-refractivity contribution in [3.8, 4) is 0 Å². The molecule has 0 bridgehead atoms. The second kappa shape index (κ2) is 8.70. The van der Waals surface area contributed by atoms with Crippen molar-refractivity contribution in [1.82, 2.24) is 9.80 Å². The van der Waals surface area contributed by atoms with E-state index in [4.69, 9.17) is 0 Å². The number of piperazine rings is 1. The van der Waals surface area contributed by atoms with Crippen molar-refractivity contribution < 1.29 is 14.1 Å². The number of nitro groups is 1. The van der Waals surface area contributed by atoms with Crippen LogP contribution in [0.15, 0.2) is 48.5 Å². The van der Waals surface area contributed by atoms with Gasteiger partial charge in [0.05, 0.1) is 11.5 Å². The molecule has 1 amide bonds. The van der Waals surface area contributed by atoms with Crippen LogP contribution < -0.4 is 5.32 Å². The summed E-state index contributed by atoms with van der Waals surface area (Å²) in [6, 6.07) is 12.4. The Labute approximate surface area is 156 Å². The fourth-order valence-corrected chi connectivity index (χ4v) is 3.05. The van der Waals surface area contributed by atoms with Gasteiger partial charge in [0, 0.05) is 50.5 Å². The summed E-state index contributed by atoms with van der Waals surface area (Å²) in [6.07, 6.45) is 0. The van der Waals surface area contributed by atoms with Crippen molar-refractivity contribution in [3.63, 3.8) is 0 Å². The third-order valence-electron chi connectivity index (χ3n) is 4.49. The Hall–Kier alpha value is -2.84. The predicted molar refractivity (Wildman–Crippen MR) is 99.8 cm³/mol. The zero-order valence-electron chi connectivity index (χ0n) is 14.8. The van der Waals surface area contributed by atoms with Crippen LogP contribution in [0.25, 0.3) is 0 Å². The maximum absolute atomic E-state index is 13.0. The summed E-state index contributed by atoms with van der Waals surface area (Å²) >= 11 is 0. The van der Waals surface area contributed by atoms with E-state index in [1.54, 1.807) is 24.3 Å². The first kappa shape index (κ1) is 18.9. The molecule has 1 N–H and O–H groups in total. The van der Waals surface area contributed by atoms with E-state index in [0.717, 1.165) is 38.3 Å². The van der Waals surface area contributed by atoms with Gasteiger partial charge in [-0.05, 0) is 23.8 Å². The minimum absolute atomic E-state index is 0.0535. The third-order valence-corrected chi connectivity index (χ3v) is 4.49. The van der Waals surface area contributed by atoms with Gasteiger partial charge in [-0.25, -0.2) is 4.39 Å². The van der Waals surface area contributed by atoms with E-state index in [1.807, 2.05) is 4.90 Å². The van der Waals surface area contributed by atoms with Gasteiger partial charge in [0.15, 0.2) is 0 Å². The van der Waals surface area contributed by atoms with Gasteiger partial charge in [-0.1, -0.05) is 18.2 Å². The molecule has 1 aliphatic heterocycles. The second-order valence-corrected chi connectivity index (χ2v) is 6.53. The van der Waals surface area contributed by atoms with Gasteiger partial charge in [-0.3, -0.25) is 24.7 Å². The molecule has 8 heteroatoms. The molecular formula is C19H21FN4O3. The molecule has 1 saturated heterocycles. The molecule has 0 unspecified atom stereocenters. The Kier molecular flexibility index (Phi) is 6.10. The number of hydrogen-bond acceptors (Lipinski definition) is 5. The number of nitrogens with one attached hydrogen (secondary N) is 1. The molecule has 142 valence electrons. The Morgan fingerprint density at radius 3 is 2.41 bits per heavy atom. The number of rotatable bonds is 6. The summed E-state index contributed by atoms with van der Waals surface area (Å²) in [6.45, 7) is 4.15. The number of amides is 1. The molecular weight excluding hydrogens is 351 g/mol. The van der Waals surface area contributed by atoms with Crippen LogP contribution in [-0.2, 0) is 11.3 Å². The number of carbonyl (C=O) groups is 1. The van der Waals surface area contributed by atoms with Gasteiger partial charge in [0.25, 0.3) is 5.69 Å². The molecule has 1 fully saturated rings. The Balaban J connectivity index is 1.44. The van der Waals surface area contributed by atoms with Crippen LogP contribution in [0.1, 0.15) is 5.56 Å². The number of benzene rings is 2. The van der Waals surface area contributed by atoms with Crippen molar-refractivity contribution in [2.24, 2.45) is 0 Å². The molecule has 27 heavy (non-hydrogen) atoms. The lowest BCUT2D eigenvalue weighted by Gasteiger charge is -2.34. The standard InChI is InChI=1S/C19H21FN4O3/c20-16-6-4-15(5-7-16)13-22-8-10-23(11-9-22)14-19(25)21-17-2-1-3-18(12-17)24(26)27/h1-7,12H,8-11,13-14H2,(H,21,25). The number of hydrogen-bond donors (Lipinski definition) is 1. The lowest BCUT2D eigenvalue weighted by molar-refractivity contribution is -0.384. The van der Waals surface area contributed by atoms with E-state index in [2.05, 4.69) is 10.2 Å². The molecule has 0 aliphatic carbocycles. The summed E-state index contributed by atoms with van der Waals surface area (Å²) in [7, 11) is 0. The highest BCUT2D eigenvalue weighted by Gasteiger charge is 2.19. The smallest absolute Gasteiger partial charge is 0.271 e. The Bertz CT molecular complexity index is 805. The van der Waals surface area contributed by atoms with Crippen LogP contribution in [0.5, 0.6) is 0 Å². The monoisotopic (exact) mass is 372 g/mol. The minimum Gasteiger partial charge on any atom is -0.325 e. The molecule has 0 atom stereocenters. The van der Waals surface area contributed by atoms with Crippen molar-refractivity contribution in [3.05, 3.63) is 70.0 Å². The first-order valence-corrected chi connectivity index (χ1v) is 8.73. The molecule has 1 aliphatic rings. The molecule has 0 saturated carbocycles. The van der Waals surface area contributed by atoms with Crippen LogP contribution in [0.3, 0.4) is 0 Å². The number of nitrogens with zero attached hydrogens (tertiary/aromatic N) is 3. The topological polar surface area (TPSA) is 78.7 Å². The molecule has 7 nitrogen and oxygen atoms in total. The van der Waals surface area contributed by atoms with E-state index < -0.39 is 4.92 Å². The summed E-state index contributed by atoms with van der Waals surface area (Å²) < 4.78 is 13.0. The average Bonchev–Trinajstić information content (AvgIpc) is 2.65. The Morgan fingerprint density at radius 1 is 1.07 bits per heavy atom. The van der Waals surface area contributed by atoms with Gasteiger partial charge >= 0.3 is 0 Å². The van der Waals surface area contributed by atoms with Gasteiger partial charge in [-0.15, -0.1) is 0 Å². The van der Waals surface area contributed by atoms with Crippen LogP contribution in [0, 0.1) is 15.9 Å². The molecule has 1 heterocycles. The molecule has 3 rings (SSSR count). The lowest BCUT2D eigenvalue weighted by atomic mass is 10.2. The lowest BCUT2D eigenvalue weighted by Crippen LogP contribution is -2.48. The zero-order valence-corrected chi connectivity index (χ0v) is 14.8. The highest BCUT2D eigenvalue weighted by atomic mass is 19.1. The minimum atomic E-state index is -0.490. The first-order valence-electron chi connectivity index (χ1n) is 8.73. The van der Waals surface area contributed by atoms with Crippen LogP contribution >= 0.6 is 0 Å². The van der Waals surface area contributed by atoms with Crippen molar-refractivity contribution in [2.75, 3.05) is 38.0 Å². The summed E-state index contributed by atoms with van der Waals surface area (Å²) in [5.41, 5.74) is 1.43. The summed E-state index contributed by atoms with van der Waals surface area (Å²) in [4.78, 5) is 26.8. The number of anilines is 1. The van der Waals surface area contributed by atoms with Crippen LogP contribution in [-0.4, -0.2) is 53.4 Å². The van der Waals surface area contributed by atoms with Gasteiger partial charge < -0.3 is 5.32 Å². The zero-order chi connectivity index (χ0) is 19.2. The molecule has 2 aromatic rings. The second-order valence-electron chi connectivity index (χ2n) is 6.53. The number of nitro benzene ring substituents is 1. The van der Waals surface area contributed by atoms with Gasteiger partial charge in [-0.2, -0.15) is 0 Å². The number of carbonyl (C=O) groups excluding carboxylic acids is 1. The highest BCUT2D eigenvalue weighted by molar-refractivity contribution is 5.92. The van der Waals surface area contributed by atoms with Gasteiger partial charge in [0.1, 0.15) is 5.82 Å². The number of halogens is 1. The van der Waals surface area contributed by atoms with Crippen LogP contribution in [0.2, 0.25) is 0 Å². The van der Waals surface area contributed by atoms with Gasteiger partial charge in [0.2, 0.25) is 5.91 Å². The quantitative estimate of drug-likeness (QED) is 0.623. The fraction of sp³-hybridized carbons (Fsp3) is 0.316. The SMILES string of the molecule is O=C(CN1CCN(Cc2ccc(F)cc2)CC1)Nc1cccc([N+](=O)[O-])c1. The molecule has 0 radical (unpaired) electrons. The van der Waals surface area contributed by atoms with Crippen molar-refractivity contribution in [1.29, 1.82) is 0 Å². The molecule has 0 aromatic heterocycles. The van der Waals surface area contributed by atoms with E-state index >= 15 is 0 Å². The molecule has 2 aromatic carbocycles. The van der Waals surface area contributed by atoms with Crippen LogP contribution in [0.4, 0.5) is 15.8 Å². The van der Waals surface area contributed by atoms with E-state index in [9.17, 15) is 19.3 Å². The molecule has 0 spiro atoms. The van der Waals surface area contributed by atoms with Crippen molar-refractivity contribution in [2.45, 2.75) is 6.54 Å². The average molecular weight is 372 g/mol. The maximum atomic E-state index is 13.0.